The fourth-order valence-electron chi connectivity index (χ4n) is 3.77. The van der Waals surface area contributed by atoms with E-state index in [9.17, 15) is 4.79 Å². The van der Waals surface area contributed by atoms with E-state index in [0.29, 0.717) is 18.0 Å². The summed E-state index contributed by atoms with van der Waals surface area (Å²) in [6, 6.07) is 7.60. The number of hydrogen-bond acceptors (Lipinski definition) is 5. The third-order valence-electron chi connectivity index (χ3n) is 4.94. The summed E-state index contributed by atoms with van der Waals surface area (Å²) in [5.74, 6) is 0.358. The van der Waals surface area contributed by atoms with Gasteiger partial charge in [-0.3, -0.25) is 9.25 Å². The normalized spacial score (nSPS) is 18.8. The number of aryl methyl sites for hydroxylation is 1. The van der Waals surface area contributed by atoms with Crippen LogP contribution in [0.5, 0.6) is 0 Å². The van der Waals surface area contributed by atoms with Crippen LogP contribution in [0.25, 0.3) is 11.1 Å². The van der Waals surface area contributed by atoms with Gasteiger partial charge in [0.1, 0.15) is 12.7 Å². The maximum absolute atomic E-state index is 12.0. The molecule has 7 heteroatoms. The lowest BCUT2D eigenvalue weighted by Gasteiger charge is -2.32. The van der Waals surface area contributed by atoms with Crippen LogP contribution in [0.15, 0.2) is 46.1 Å². The summed E-state index contributed by atoms with van der Waals surface area (Å²) in [6.45, 7) is 4.85. The minimum absolute atomic E-state index is 0.260. The van der Waals surface area contributed by atoms with Crippen LogP contribution < -0.4 is 5.76 Å². The number of nitrogens with zero attached hydrogens (tertiary/aromatic N) is 5. The van der Waals surface area contributed by atoms with Crippen LogP contribution in [-0.4, -0.2) is 43.9 Å². The van der Waals surface area contributed by atoms with E-state index in [4.69, 9.17) is 4.42 Å². The molecular weight excluding hydrogens is 318 g/mol. The van der Waals surface area contributed by atoms with Crippen molar-refractivity contribution in [1.29, 1.82) is 0 Å². The number of fused-ring (bicyclic) bond motifs is 1. The average Bonchev–Trinajstić information content (AvgIpc) is 3.23. The zero-order valence-corrected chi connectivity index (χ0v) is 14.3. The predicted octanol–water partition coefficient (Wildman–Crippen LogP) is 1.99. The van der Waals surface area contributed by atoms with Crippen LogP contribution in [-0.2, 0) is 13.1 Å². The number of likely N-dealkylation sites (tertiary alicyclic amines) is 1. The van der Waals surface area contributed by atoms with E-state index < -0.39 is 0 Å². The number of para-hydroxylation sites is 2. The zero-order chi connectivity index (χ0) is 17.1. The molecule has 4 rings (SSSR count). The second kappa shape index (κ2) is 7.23. The highest BCUT2D eigenvalue weighted by Gasteiger charge is 2.20. The average molecular weight is 341 g/mol. The zero-order valence-electron chi connectivity index (χ0n) is 14.3. The summed E-state index contributed by atoms with van der Waals surface area (Å²) in [5, 5.41) is 4.21. The molecule has 1 fully saturated rings. The van der Waals surface area contributed by atoms with E-state index in [1.807, 2.05) is 28.9 Å². The lowest BCUT2D eigenvalue weighted by Crippen LogP contribution is -2.38. The highest BCUT2D eigenvalue weighted by atomic mass is 16.4. The summed E-state index contributed by atoms with van der Waals surface area (Å²) in [6.07, 6.45) is 6.78. The number of hydrogen-bond donors (Lipinski definition) is 0. The first-order valence-corrected chi connectivity index (χ1v) is 8.93. The summed E-state index contributed by atoms with van der Waals surface area (Å²) < 4.78 is 8.96. The van der Waals surface area contributed by atoms with Crippen LogP contribution in [0, 0.1) is 5.92 Å². The Morgan fingerprint density at radius 2 is 2.16 bits per heavy atom. The van der Waals surface area contributed by atoms with Crippen molar-refractivity contribution < 1.29 is 4.42 Å². The van der Waals surface area contributed by atoms with Gasteiger partial charge in [-0.2, -0.15) is 5.10 Å². The fourth-order valence-corrected chi connectivity index (χ4v) is 3.77. The van der Waals surface area contributed by atoms with E-state index in [1.165, 1.54) is 12.8 Å². The van der Waals surface area contributed by atoms with Crippen molar-refractivity contribution in [2.45, 2.75) is 32.4 Å². The monoisotopic (exact) mass is 341 g/mol. The van der Waals surface area contributed by atoms with E-state index in [2.05, 4.69) is 15.0 Å². The smallest absolute Gasteiger partial charge is 0.408 e. The van der Waals surface area contributed by atoms with Crippen molar-refractivity contribution in [2.24, 2.45) is 5.92 Å². The first kappa shape index (κ1) is 16.1. The van der Waals surface area contributed by atoms with Gasteiger partial charge in [0.25, 0.3) is 0 Å². The molecule has 1 aromatic carbocycles. The van der Waals surface area contributed by atoms with Crippen LogP contribution in [0.1, 0.15) is 19.3 Å². The number of oxazole rings is 1. The lowest BCUT2D eigenvalue weighted by atomic mass is 9.98. The molecule has 1 atom stereocenters. The Bertz CT molecular complexity index is 867. The highest BCUT2D eigenvalue weighted by molar-refractivity contribution is 5.72. The second-order valence-electron chi connectivity index (χ2n) is 6.77. The number of rotatable bonds is 6. The van der Waals surface area contributed by atoms with Crippen molar-refractivity contribution in [3.8, 4) is 0 Å². The molecule has 1 aliphatic rings. The minimum Gasteiger partial charge on any atom is -0.408 e. The molecule has 0 saturated carbocycles. The van der Waals surface area contributed by atoms with Crippen LogP contribution >= 0.6 is 0 Å². The SMILES string of the molecule is O=c1oc2ccccc2n1CCCN1CCC[C@@H](Cn2cncn2)C1. The molecule has 0 spiro atoms. The summed E-state index contributed by atoms with van der Waals surface area (Å²) in [5.41, 5.74) is 1.55. The Labute approximate surface area is 145 Å². The van der Waals surface area contributed by atoms with Gasteiger partial charge in [-0.25, -0.2) is 9.78 Å². The van der Waals surface area contributed by atoms with E-state index in [-0.39, 0.29) is 5.76 Å². The summed E-state index contributed by atoms with van der Waals surface area (Å²) in [7, 11) is 0. The molecule has 0 amide bonds. The van der Waals surface area contributed by atoms with Gasteiger partial charge in [-0.05, 0) is 50.4 Å². The van der Waals surface area contributed by atoms with Crippen molar-refractivity contribution in [3.05, 3.63) is 47.5 Å². The Balaban J connectivity index is 1.32. The third kappa shape index (κ3) is 3.66. The molecule has 0 bridgehead atoms. The minimum atomic E-state index is -0.260. The molecule has 0 N–H and O–H groups in total. The number of piperidine rings is 1. The quantitative estimate of drug-likeness (QED) is 0.686. The maximum atomic E-state index is 12.0. The molecule has 0 aliphatic carbocycles. The summed E-state index contributed by atoms with van der Waals surface area (Å²) in [4.78, 5) is 18.5. The van der Waals surface area contributed by atoms with Gasteiger partial charge < -0.3 is 9.32 Å². The van der Waals surface area contributed by atoms with Gasteiger partial charge in [-0.15, -0.1) is 0 Å². The molecule has 0 radical (unpaired) electrons. The molecule has 25 heavy (non-hydrogen) atoms. The van der Waals surface area contributed by atoms with E-state index in [1.54, 1.807) is 17.2 Å². The Morgan fingerprint density at radius 1 is 1.24 bits per heavy atom. The van der Waals surface area contributed by atoms with Gasteiger partial charge in [-0.1, -0.05) is 12.1 Å². The second-order valence-corrected chi connectivity index (χ2v) is 6.77. The van der Waals surface area contributed by atoms with Crippen LogP contribution in [0.4, 0.5) is 0 Å². The molecule has 3 aromatic rings. The van der Waals surface area contributed by atoms with Crippen molar-refractivity contribution in [3.63, 3.8) is 0 Å². The fraction of sp³-hybridized carbons (Fsp3) is 0.500. The Hall–Kier alpha value is -2.41. The van der Waals surface area contributed by atoms with Crippen LogP contribution in [0.3, 0.4) is 0 Å². The van der Waals surface area contributed by atoms with E-state index in [0.717, 1.165) is 38.1 Å². The molecule has 0 unspecified atom stereocenters. The molecule has 1 saturated heterocycles. The largest absolute Gasteiger partial charge is 0.419 e. The summed E-state index contributed by atoms with van der Waals surface area (Å²) >= 11 is 0. The molecule has 1 aliphatic heterocycles. The predicted molar refractivity (Wildman–Crippen MR) is 94.3 cm³/mol. The standard InChI is InChI=1S/C18H23N5O2/c24-18-23(16-6-1-2-7-17(16)25-18)10-4-9-21-8-3-5-15(11-21)12-22-14-19-13-20-22/h1-2,6-7,13-15H,3-5,8-12H2/t15-/m1/s1. The molecule has 3 heterocycles. The lowest BCUT2D eigenvalue weighted by molar-refractivity contribution is 0.156. The van der Waals surface area contributed by atoms with Gasteiger partial charge in [0, 0.05) is 19.6 Å². The number of benzene rings is 1. The Kier molecular flexibility index (Phi) is 4.65. The Morgan fingerprint density at radius 3 is 3.04 bits per heavy atom. The van der Waals surface area contributed by atoms with Crippen LogP contribution in [0.2, 0.25) is 0 Å². The van der Waals surface area contributed by atoms with Gasteiger partial charge >= 0.3 is 5.76 Å². The topological polar surface area (TPSA) is 69.1 Å². The van der Waals surface area contributed by atoms with Gasteiger partial charge in [0.05, 0.1) is 5.52 Å². The van der Waals surface area contributed by atoms with Gasteiger partial charge in [0.2, 0.25) is 0 Å². The molecule has 7 nitrogen and oxygen atoms in total. The molecule has 132 valence electrons. The van der Waals surface area contributed by atoms with Crippen molar-refractivity contribution in [1.82, 2.24) is 24.2 Å². The first-order chi connectivity index (χ1) is 12.3. The molecular formula is C18H23N5O2. The highest BCUT2D eigenvalue weighted by Crippen LogP contribution is 2.18. The molecule has 2 aromatic heterocycles. The van der Waals surface area contributed by atoms with Crippen molar-refractivity contribution >= 4 is 11.1 Å². The van der Waals surface area contributed by atoms with E-state index >= 15 is 0 Å². The number of aromatic nitrogens is 4. The third-order valence-corrected chi connectivity index (χ3v) is 4.94. The van der Waals surface area contributed by atoms with Gasteiger partial charge in [0.15, 0.2) is 5.58 Å². The first-order valence-electron chi connectivity index (χ1n) is 8.93. The maximum Gasteiger partial charge on any atom is 0.419 e. The van der Waals surface area contributed by atoms with Crippen molar-refractivity contribution in [2.75, 3.05) is 19.6 Å².